The number of hydrogen-bond acceptors (Lipinski definition) is 2. The van der Waals surface area contributed by atoms with Gasteiger partial charge in [0.2, 0.25) is 0 Å². The van der Waals surface area contributed by atoms with Crippen LogP contribution in [-0.2, 0) is 19.2 Å². The van der Waals surface area contributed by atoms with Crippen LogP contribution in [0.5, 0.6) is 5.75 Å². The summed E-state index contributed by atoms with van der Waals surface area (Å²) in [5.74, 6) is 0.772. The predicted molar refractivity (Wildman–Crippen MR) is 108 cm³/mol. The fraction of sp³-hybridized carbons (Fsp3) is 0.455. The van der Waals surface area contributed by atoms with Gasteiger partial charge in [0.05, 0.1) is 5.56 Å². The molecule has 0 bridgehead atoms. The molecule has 1 saturated carbocycles. The summed E-state index contributed by atoms with van der Waals surface area (Å²) < 4.78 is 46.7. The lowest BCUT2D eigenvalue weighted by atomic mass is 9.91. The lowest BCUT2D eigenvalue weighted by Gasteiger charge is -2.19. The number of halogens is 4. The molecule has 0 radical (unpaired) electrons. The molecule has 1 heterocycles. The van der Waals surface area contributed by atoms with Crippen LogP contribution in [0.15, 0.2) is 30.3 Å². The monoisotopic (exact) mass is 411 g/mol. The van der Waals surface area contributed by atoms with Gasteiger partial charge in [-0.15, -0.1) is 12.4 Å². The number of ether oxygens (including phenoxy) is 1. The lowest BCUT2D eigenvalue weighted by Crippen LogP contribution is -2.12. The van der Waals surface area contributed by atoms with Crippen molar-refractivity contribution in [2.75, 3.05) is 11.9 Å². The Kier molecular flexibility index (Phi) is 6.13. The van der Waals surface area contributed by atoms with E-state index in [9.17, 15) is 13.2 Å². The molecule has 0 spiro atoms. The number of nitrogens with one attached hydrogen (secondary N) is 1. The summed E-state index contributed by atoms with van der Waals surface area (Å²) in [4.78, 5) is 0. The Bertz CT molecular complexity index is 844. The topological polar surface area (TPSA) is 21.3 Å². The Morgan fingerprint density at radius 1 is 1.11 bits per heavy atom. The first-order valence-electron chi connectivity index (χ1n) is 9.62. The molecule has 2 aliphatic rings. The second kappa shape index (κ2) is 8.24. The van der Waals surface area contributed by atoms with Crippen LogP contribution in [-0.4, -0.2) is 6.54 Å². The van der Waals surface area contributed by atoms with Crippen LogP contribution in [0.25, 0.3) is 0 Å². The molecule has 2 nitrogen and oxygen atoms in total. The van der Waals surface area contributed by atoms with E-state index in [4.69, 9.17) is 4.74 Å². The Morgan fingerprint density at radius 3 is 2.57 bits per heavy atom. The minimum absolute atomic E-state index is 0. The molecule has 0 atom stereocenters. The molecule has 6 heteroatoms. The molecule has 0 amide bonds. The molecule has 1 N–H and O–H groups in total. The summed E-state index contributed by atoms with van der Waals surface area (Å²) in [6.45, 7) is 3.06. The molecule has 0 unspecified atom stereocenters. The first-order valence-corrected chi connectivity index (χ1v) is 9.62. The molecule has 1 aliphatic heterocycles. The van der Waals surface area contributed by atoms with Gasteiger partial charge in [0.15, 0.2) is 0 Å². The third kappa shape index (κ3) is 4.09. The van der Waals surface area contributed by atoms with Gasteiger partial charge in [0.1, 0.15) is 12.4 Å². The first-order chi connectivity index (χ1) is 12.9. The summed E-state index contributed by atoms with van der Waals surface area (Å²) in [6.07, 6.45) is 0.344. The highest BCUT2D eigenvalue weighted by molar-refractivity contribution is 5.85. The third-order valence-corrected chi connectivity index (χ3v) is 5.85. The van der Waals surface area contributed by atoms with Crippen LogP contribution in [0.4, 0.5) is 18.9 Å². The van der Waals surface area contributed by atoms with Crippen LogP contribution >= 0.6 is 12.4 Å². The van der Waals surface area contributed by atoms with Crippen molar-refractivity contribution in [1.82, 2.24) is 0 Å². The zero-order chi connectivity index (χ0) is 19.0. The average Bonchev–Trinajstić information content (AvgIpc) is 3.32. The zero-order valence-corrected chi connectivity index (χ0v) is 16.7. The van der Waals surface area contributed by atoms with E-state index >= 15 is 0 Å². The van der Waals surface area contributed by atoms with E-state index < -0.39 is 11.7 Å². The zero-order valence-electron chi connectivity index (χ0n) is 15.9. The van der Waals surface area contributed by atoms with Gasteiger partial charge in [-0.1, -0.05) is 25.0 Å². The molecule has 152 valence electrons. The van der Waals surface area contributed by atoms with E-state index in [0.29, 0.717) is 11.1 Å². The van der Waals surface area contributed by atoms with E-state index in [1.165, 1.54) is 11.6 Å². The first kappa shape index (κ1) is 20.8. The fourth-order valence-corrected chi connectivity index (χ4v) is 4.39. The lowest BCUT2D eigenvalue weighted by molar-refractivity contribution is -0.138. The van der Waals surface area contributed by atoms with E-state index in [2.05, 4.69) is 5.32 Å². The van der Waals surface area contributed by atoms with Gasteiger partial charge in [0.25, 0.3) is 0 Å². The van der Waals surface area contributed by atoms with Crippen molar-refractivity contribution < 1.29 is 17.9 Å². The SMILES string of the molecule is Cc1c(OCc2ccc(C3CCCC3)c(C(F)(F)F)c2)ccc2c1CCN2.Cl. The van der Waals surface area contributed by atoms with E-state index in [1.54, 1.807) is 12.1 Å². The number of benzene rings is 2. The summed E-state index contributed by atoms with van der Waals surface area (Å²) in [7, 11) is 0. The highest BCUT2D eigenvalue weighted by Crippen LogP contribution is 2.42. The summed E-state index contributed by atoms with van der Waals surface area (Å²) >= 11 is 0. The quantitative estimate of drug-likeness (QED) is 0.608. The average molecular weight is 412 g/mol. The molecule has 0 aromatic heterocycles. The van der Waals surface area contributed by atoms with Crippen molar-refractivity contribution in [2.24, 2.45) is 0 Å². The smallest absolute Gasteiger partial charge is 0.416 e. The number of fused-ring (bicyclic) bond motifs is 1. The van der Waals surface area contributed by atoms with Gasteiger partial charge in [-0.05, 0) is 72.6 Å². The van der Waals surface area contributed by atoms with Gasteiger partial charge < -0.3 is 10.1 Å². The maximum atomic E-state index is 13.6. The van der Waals surface area contributed by atoms with Crippen LogP contribution in [0, 0.1) is 6.92 Å². The molecule has 0 saturated heterocycles. The molecule has 1 fully saturated rings. The second-order valence-electron chi connectivity index (χ2n) is 7.58. The number of hydrogen-bond donors (Lipinski definition) is 1. The Morgan fingerprint density at radius 2 is 1.86 bits per heavy atom. The van der Waals surface area contributed by atoms with Gasteiger partial charge >= 0.3 is 6.18 Å². The highest BCUT2D eigenvalue weighted by atomic mass is 35.5. The third-order valence-electron chi connectivity index (χ3n) is 5.85. The maximum Gasteiger partial charge on any atom is 0.416 e. The summed E-state index contributed by atoms with van der Waals surface area (Å²) in [5.41, 5.74) is 3.94. The van der Waals surface area contributed by atoms with E-state index in [1.807, 2.05) is 19.1 Å². The van der Waals surface area contributed by atoms with Crippen LogP contribution in [0.1, 0.15) is 59.4 Å². The number of rotatable bonds is 4. The largest absolute Gasteiger partial charge is 0.489 e. The Labute approximate surface area is 169 Å². The van der Waals surface area contributed by atoms with Crippen LogP contribution in [0.3, 0.4) is 0 Å². The minimum atomic E-state index is -4.33. The Hall–Kier alpha value is -1.88. The Balaban J connectivity index is 0.00000225. The van der Waals surface area contributed by atoms with Crippen LogP contribution in [0.2, 0.25) is 0 Å². The van der Waals surface area contributed by atoms with Crippen molar-refractivity contribution in [1.29, 1.82) is 0 Å². The molecule has 28 heavy (non-hydrogen) atoms. The summed E-state index contributed by atoms with van der Waals surface area (Å²) in [6, 6.07) is 8.60. The van der Waals surface area contributed by atoms with Crippen molar-refractivity contribution in [3.8, 4) is 5.75 Å². The number of alkyl halides is 3. The van der Waals surface area contributed by atoms with Gasteiger partial charge in [-0.2, -0.15) is 13.2 Å². The van der Waals surface area contributed by atoms with Crippen molar-refractivity contribution in [2.45, 2.75) is 57.7 Å². The molecule has 2 aromatic carbocycles. The van der Waals surface area contributed by atoms with Crippen molar-refractivity contribution in [3.05, 3.63) is 58.1 Å². The molecular formula is C22H25ClF3NO. The minimum Gasteiger partial charge on any atom is -0.489 e. The molecule has 4 rings (SSSR count). The highest BCUT2D eigenvalue weighted by Gasteiger charge is 2.36. The van der Waals surface area contributed by atoms with Crippen molar-refractivity contribution >= 4 is 18.1 Å². The van der Waals surface area contributed by atoms with Crippen molar-refractivity contribution in [3.63, 3.8) is 0 Å². The second-order valence-corrected chi connectivity index (χ2v) is 7.58. The van der Waals surface area contributed by atoms with Gasteiger partial charge in [-0.25, -0.2) is 0 Å². The van der Waals surface area contributed by atoms with Crippen LogP contribution < -0.4 is 10.1 Å². The predicted octanol–water partition coefficient (Wildman–Crippen LogP) is 6.64. The van der Waals surface area contributed by atoms with Gasteiger partial charge in [0, 0.05) is 12.2 Å². The van der Waals surface area contributed by atoms with E-state index in [0.717, 1.165) is 55.6 Å². The molecule has 1 aliphatic carbocycles. The number of anilines is 1. The maximum absolute atomic E-state index is 13.6. The fourth-order valence-electron chi connectivity index (χ4n) is 4.39. The standard InChI is InChI=1S/C22H24F3NO.ClH/c1-14-17-10-11-26-20(17)8-9-21(14)27-13-15-6-7-18(16-4-2-3-5-16)19(12-15)22(23,24)25;/h6-9,12,16,26H,2-5,10-11,13H2,1H3;1H. The van der Waals surface area contributed by atoms with E-state index in [-0.39, 0.29) is 24.9 Å². The normalized spacial score (nSPS) is 16.4. The summed E-state index contributed by atoms with van der Waals surface area (Å²) in [5, 5.41) is 3.32. The molecular weight excluding hydrogens is 387 g/mol. The molecule has 2 aromatic rings. The van der Waals surface area contributed by atoms with Gasteiger partial charge in [-0.3, -0.25) is 0 Å².